The Hall–Kier alpha value is -2.03. The molecule has 0 saturated carbocycles. The van der Waals surface area contributed by atoms with Crippen LogP contribution in [0, 0.1) is 6.92 Å². The average Bonchev–Trinajstić information content (AvgIpc) is 2.56. The van der Waals surface area contributed by atoms with Gasteiger partial charge in [0, 0.05) is 22.2 Å². The maximum atomic E-state index is 12.1. The van der Waals surface area contributed by atoms with Crippen LogP contribution in [0.25, 0.3) is 16.7 Å². The number of rotatable bonds is 2. The number of hydrogen-bond acceptors (Lipinski definition) is 1. The van der Waals surface area contributed by atoms with Crippen molar-refractivity contribution in [3.63, 3.8) is 0 Å². The number of nitrogens with one attached hydrogen (secondary N) is 1. The van der Waals surface area contributed by atoms with E-state index < -0.39 is 0 Å². The minimum atomic E-state index is -0.0568. The molecule has 0 fully saturated rings. The van der Waals surface area contributed by atoms with Gasteiger partial charge in [0.15, 0.2) is 0 Å². The third kappa shape index (κ3) is 3.26. The normalized spacial score (nSPS) is 16.1. The van der Waals surface area contributed by atoms with Crippen molar-refractivity contribution in [3.8, 4) is 11.1 Å². The van der Waals surface area contributed by atoms with Crippen LogP contribution in [0.4, 0.5) is 0 Å². The van der Waals surface area contributed by atoms with Crippen molar-refractivity contribution in [1.29, 1.82) is 0 Å². The Labute approximate surface area is 151 Å². The van der Waals surface area contributed by atoms with Gasteiger partial charge in [-0.05, 0) is 65.9 Å². The Balaban J connectivity index is 2.20. The van der Waals surface area contributed by atoms with Crippen LogP contribution in [-0.4, -0.2) is 12.5 Å². The highest BCUT2D eigenvalue weighted by molar-refractivity contribution is 6.31. The maximum Gasteiger partial charge on any atom is 0.251 e. The van der Waals surface area contributed by atoms with E-state index in [1.54, 1.807) is 0 Å². The number of hydrogen-bond donors (Lipinski definition) is 1. The Morgan fingerprint density at radius 3 is 2.62 bits per heavy atom. The molecule has 2 aromatic rings. The van der Waals surface area contributed by atoms with Gasteiger partial charge in [0.2, 0.25) is 0 Å². The fraction of sp³-hybridized carbons (Fsp3) is 0.150. The van der Waals surface area contributed by atoms with Crippen LogP contribution in [-0.2, 0) is 4.79 Å². The van der Waals surface area contributed by atoms with Crippen LogP contribution in [0.2, 0.25) is 10.0 Å². The predicted molar refractivity (Wildman–Crippen MR) is 101 cm³/mol. The molecule has 122 valence electrons. The van der Waals surface area contributed by atoms with Crippen LogP contribution in [0.1, 0.15) is 18.1 Å². The molecule has 1 N–H and O–H groups in total. The molecule has 1 amide bonds. The summed E-state index contributed by atoms with van der Waals surface area (Å²) in [5, 5.41) is 4.15. The van der Waals surface area contributed by atoms with Crippen molar-refractivity contribution in [1.82, 2.24) is 5.32 Å². The monoisotopic (exact) mass is 357 g/mol. The third-order valence-corrected chi connectivity index (χ3v) is 4.68. The van der Waals surface area contributed by atoms with Gasteiger partial charge in [-0.1, -0.05) is 47.5 Å². The molecule has 0 unspecified atom stereocenters. The molecule has 0 aliphatic carbocycles. The van der Waals surface area contributed by atoms with Crippen molar-refractivity contribution >= 4 is 34.7 Å². The van der Waals surface area contributed by atoms with Gasteiger partial charge in [-0.3, -0.25) is 4.79 Å². The molecule has 2 aromatic carbocycles. The molecule has 4 heteroatoms. The van der Waals surface area contributed by atoms with E-state index in [0.29, 0.717) is 22.2 Å². The SMILES string of the molecule is C/C(=C1/C=CCNC1=O)c1cc(Cl)cc(-c2cccc(Cl)c2)c1C. The van der Waals surface area contributed by atoms with E-state index in [9.17, 15) is 4.79 Å². The van der Waals surface area contributed by atoms with Crippen molar-refractivity contribution in [2.75, 3.05) is 6.54 Å². The highest BCUT2D eigenvalue weighted by atomic mass is 35.5. The fourth-order valence-corrected chi connectivity index (χ4v) is 3.37. The van der Waals surface area contributed by atoms with Crippen LogP contribution in [0.15, 0.2) is 54.1 Å². The summed E-state index contributed by atoms with van der Waals surface area (Å²) in [6.45, 7) is 4.55. The van der Waals surface area contributed by atoms with Crippen LogP contribution in [0.5, 0.6) is 0 Å². The summed E-state index contributed by atoms with van der Waals surface area (Å²) in [5.74, 6) is -0.0568. The lowest BCUT2D eigenvalue weighted by Gasteiger charge is -2.17. The molecule has 2 nitrogen and oxygen atoms in total. The van der Waals surface area contributed by atoms with E-state index in [1.807, 2.05) is 62.4 Å². The van der Waals surface area contributed by atoms with Crippen molar-refractivity contribution < 1.29 is 4.79 Å². The molecule has 0 spiro atoms. The van der Waals surface area contributed by atoms with E-state index in [4.69, 9.17) is 23.2 Å². The van der Waals surface area contributed by atoms with Crippen LogP contribution >= 0.6 is 23.2 Å². The van der Waals surface area contributed by atoms with Gasteiger partial charge in [-0.25, -0.2) is 0 Å². The van der Waals surface area contributed by atoms with E-state index in [-0.39, 0.29) is 5.91 Å². The molecule has 3 rings (SSSR count). The molecule has 24 heavy (non-hydrogen) atoms. The van der Waals surface area contributed by atoms with Gasteiger partial charge < -0.3 is 5.32 Å². The molecule has 1 aliphatic heterocycles. The molecule has 0 saturated heterocycles. The van der Waals surface area contributed by atoms with Crippen molar-refractivity contribution in [2.24, 2.45) is 0 Å². The second kappa shape index (κ2) is 6.84. The summed E-state index contributed by atoms with van der Waals surface area (Å²) in [5.41, 5.74) is 5.63. The first-order valence-corrected chi connectivity index (χ1v) is 8.45. The quantitative estimate of drug-likeness (QED) is 0.713. The summed E-state index contributed by atoms with van der Waals surface area (Å²) in [6.07, 6.45) is 3.81. The zero-order valence-corrected chi connectivity index (χ0v) is 15.0. The minimum Gasteiger partial charge on any atom is -0.349 e. The maximum absolute atomic E-state index is 12.1. The molecule has 0 atom stereocenters. The van der Waals surface area contributed by atoms with E-state index in [1.165, 1.54) is 0 Å². The Bertz CT molecular complexity index is 881. The molecule has 1 aliphatic rings. The van der Waals surface area contributed by atoms with Crippen LogP contribution in [0.3, 0.4) is 0 Å². The summed E-state index contributed by atoms with van der Waals surface area (Å²) < 4.78 is 0. The Kier molecular flexibility index (Phi) is 4.79. The molecular formula is C20H17Cl2NO. The van der Waals surface area contributed by atoms with Gasteiger partial charge >= 0.3 is 0 Å². The standard InChI is InChI=1S/C20H17Cl2NO/c1-12(17-7-4-8-23-20(17)24)18-10-16(22)11-19(13(18)2)14-5-3-6-15(21)9-14/h3-7,9-11H,8H2,1-2H3,(H,23,24)/b17-12+. The number of allylic oxidation sites excluding steroid dienone is 1. The smallest absolute Gasteiger partial charge is 0.251 e. The molecule has 0 radical (unpaired) electrons. The number of benzene rings is 2. The molecule has 1 heterocycles. The van der Waals surface area contributed by atoms with Gasteiger partial charge in [-0.15, -0.1) is 0 Å². The Morgan fingerprint density at radius 1 is 1.12 bits per heavy atom. The summed E-state index contributed by atoms with van der Waals surface area (Å²) in [7, 11) is 0. The summed E-state index contributed by atoms with van der Waals surface area (Å²) in [4.78, 5) is 12.1. The highest BCUT2D eigenvalue weighted by Crippen LogP contribution is 2.35. The first-order chi connectivity index (χ1) is 11.5. The first kappa shape index (κ1) is 16.8. The zero-order chi connectivity index (χ0) is 17.3. The lowest BCUT2D eigenvalue weighted by atomic mass is 9.90. The second-order valence-electron chi connectivity index (χ2n) is 5.79. The summed E-state index contributed by atoms with van der Waals surface area (Å²) >= 11 is 12.5. The molecular weight excluding hydrogens is 341 g/mol. The minimum absolute atomic E-state index is 0.0568. The molecule has 0 bridgehead atoms. The number of carbonyl (C=O) groups is 1. The predicted octanol–water partition coefficient (Wildman–Crippen LogP) is 5.43. The third-order valence-electron chi connectivity index (χ3n) is 4.23. The largest absolute Gasteiger partial charge is 0.349 e. The van der Waals surface area contributed by atoms with Gasteiger partial charge in [0.1, 0.15) is 0 Å². The van der Waals surface area contributed by atoms with Gasteiger partial charge in [0.05, 0.1) is 0 Å². The number of amides is 1. The van der Waals surface area contributed by atoms with E-state index in [2.05, 4.69) is 5.32 Å². The van der Waals surface area contributed by atoms with Crippen LogP contribution < -0.4 is 5.32 Å². The van der Waals surface area contributed by atoms with E-state index in [0.717, 1.165) is 27.8 Å². The van der Waals surface area contributed by atoms with E-state index >= 15 is 0 Å². The lowest BCUT2D eigenvalue weighted by Crippen LogP contribution is -2.28. The molecule has 0 aromatic heterocycles. The highest BCUT2D eigenvalue weighted by Gasteiger charge is 2.17. The average molecular weight is 358 g/mol. The fourth-order valence-electron chi connectivity index (χ4n) is 2.96. The summed E-state index contributed by atoms with van der Waals surface area (Å²) in [6, 6.07) is 11.5. The zero-order valence-electron chi connectivity index (χ0n) is 13.5. The Morgan fingerprint density at radius 2 is 1.92 bits per heavy atom. The van der Waals surface area contributed by atoms with Gasteiger partial charge in [0.25, 0.3) is 5.91 Å². The van der Waals surface area contributed by atoms with Crippen molar-refractivity contribution in [3.05, 3.63) is 75.3 Å². The van der Waals surface area contributed by atoms with Gasteiger partial charge in [-0.2, -0.15) is 0 Å². The number of carbonyl (C=O) groups excluding carboxylic acids is 1. The topological polar surface area (TPSA) is 29.1 Å². The number of halogens is 2. The second-order valence-corrected chi connectivity index (χ2v) is 6.66. The lowest BCUT2D eigenvalue weighted by molar-refractivity contribution is -0.117. The first-order valence-electron chi connectivity index (χ1n) is 7.69. The van der Waals surface area contributed by atoms with Crippen molar-refractivity contribution in [2.45, 2.75) is 13.8 Å².